The van der Waals surface area contributed by atoms with Crippen molar-refractivity contribution in [2.75, 3.05) is 13.7 Å². The Labute approximate surface area is 208 Å². The first kappa shape index (κ1) is 25.1. The first-order valence-electron chi connectivity index (χ1n) is 11.5. The van der Waals surface area contributed by atoms with Crippen LogP contribution in [0.2, 0.25) is 0 Å². The van der Waals surface area contributed by atoms with Gasteiger partial charge in [-0.15, -0.1) is 0 Å². The molecular formula is C28H26O8. The molecule has 3 aromatic rings. The maximum Gasteiger partial charge on any atom is 0.338 e. The van der Waals surface area contributed by atoms with Crippen LogP contribution in [-0.4, -0.2) is 56.2 Å². The number of carbonyl (C=O) groups excluding carboxylic acids is 3. The van der Waals surface area contributed by atoms with E-state index in [2.05, 4.69) is 0 Å². The quantitative estimate of drug-likeness (QED) is 0.345. The number of benzene rings is 3. The van der Waals surface area contributed by atoms with Crippen LogP contribution in [0.25, 0.3) is 0 Å². The van der Waals surface area contributed by atoms with Gasteiger partial charge >= 0.3 is 17.9 Å². The molecule has 4 rings (SSSR count). The molecule has 0 radical (unpaired) electrons. The van der Waals surface area contributed by atoms with E-state index in [1.165, 1.54) is 7.11 Å². The third-order valence-corrected chi connectivity index (χ3v) is 5.62. The van der Waals surface area contributed by atoms with Crippen LogP contribution < -0.4 is 0 Å². The molecule has 8 heteroatoms. The minimum Gasteiger partial charge on any atom is -0.459 e. The lowest BCUT2D eigenvalue weighted by atomic mass is 10.0. The minimum atomic E-state index is -1.06. The molecule has 186 valence electrons. The Balaban J connectivity index is 1.50. The van der Waals surface area contributed by atoms with Gasteiger partial charge in [-0.05, 0) is 36.4 Å². The van der Waals surface area contributed by atoms with Crippen LogP contribution in [-0.2, 0) is 23.7 Å². The Bertz CT molecular complexity index is 1150. The third-order valence-electron chi connectivity index (χ3n) is 5.62. The lowest BCUT2D eigenvalue weighted by molar-refractivity contribution is -0.261. The van der Waals surface area contributed by atoms with Gasteiger partial charge in [-0.2, -0.15) is 0 Å². The van der Waals surface area contributed by atoms with Crippen LogP contribution >= 0.6 is 0 Å². The van der Waals surface area contributed by atoms with Crippen molar-refractivity contribution < 1.29 is 38.1 Å². The van der Waals surface area contributed by atoms with Crippen LogP contribution in [0.1, 0.15) is 37.5 Å². The van der Waals surface area contributed by atoms with Crippen molar-refractivity contribution in [1.82, 2.24) is 0 Å². The van der Waals surface area contributed by atoms with E-state index in [4.69, 9.17) is 23.7 Å². The minimum absolute atomic E-state index is 0.105. The molecule has 1 aliphatic rings. The highest BCUT2D eigenvalue weighted by molar-refractivity contribution is 5.90. The molecule has 0 saturated carbocycles. The number of hydrogen-bond acceptors (Lipinski definition) is 8. The summed E-state index contributed by atoms with van der Waals surface area (Å²) in [6.07, 6.45) is -3.56. The monoisotopic (exact) mass is 490 g/mol. The van der Waals surface area contributed by atoms with E-state index in [1.807, 2.05) is 0 Å². The topological polar surface area (TPSA) is 97.4 Å². The average molecular weight is 491 g/mol. The normalized spacial score (nSPS) is 21.2. The van der Waals surface area contributed by atoms with Crippen molar-refractivity contribution in [2.45, 2.75) is 31.0 Å². The molecule has 0 unspecified atom stereocenters. The van der Waals surface area contributed by atoms with Gasteiger partial charge in [0.05, 0.1) is 22.8 Å². The average Bonchev–Trinajstić information content (AvgIpc) is 2.94. The molecule has 36 heavy (non-hydrogen) atoms. The van der Waals surface area contributed by atoms with Gasteiger partial charge in [0.1, 0.15) is 12.7 Å². The summed E-state index contributed by atoms with van der Waals surface area (Å²) in [6.45, 7) is -0.105. The van der Waals surface area contributed by atoms with E-state index in [9.17, 15) is 14.4 Å². The smallest absolute Gasteiger partial charge is 0.338 e. The van der Waals surface area contributed by atoms with E-state index in [-0.39, 0.29) is 13.0 Å². The van der Waals surface area contributed by atoms with Gasteiger partial charge in [-0.25, -0.2) is 14.4 Å². The zero-order valence-corrected chi connectivity index (χ0v) is 19.6. The van der Waals surface area contributed by atoms with Crippen molar-refractivity contribution in [3.8, 4) is 0 Å². The summed E-state index contributed by atoms with van der Waals surface area (Å²) >= 11 is 0. The molecule has 1 saturated heterocycles. The first-order chi connectivity index (χ1) is 17.5. The van der Waals surface area contributed by atoms with Crippen molar-refractivity contribution in [2.24, 2.45) is 0 Å². The zero-order valence-electron chi connectivity index (χ0n) is 19.6. The van der Waals surface area contributed by atoms with Crippen molar-refractivity contribution in [3.63, 3.8) is 0 Å². The highest BCUT2D eigenvalue weighted by Gasteiger charge is 2.44. The maximum absolute atomic E-state index is 12.8. The molecule has 8 nitrogen and oxygen atoms in total. The first-order valence-corrected chi connectivity index (χ1v) is 11.5. The Hall–Kier alpha value is -4.01. The van der Waals surface area contributed by atoms with Gasteiger partial charge in [0, 0.05) is 13.5 Å². The van der Waals surface area contributed by atoms with Crippen molar-refractivity contribution in [3.05, 3.63) is 108 Å². The fraction of sp³-hybridized carbons (Fsp3) is 0.250. The summed E-state index contributed by atoms with van der Waals surface area (Å²) in [5.41, 5.74) is 1.08. The van der Waals surface area contributed by atoms with Gasteiger partial charge in [-0.1, -0.05) is 54.6 Å². The molecule has 1 fully saturated rings. The summed E-state index contributed by atoms with van der Waals surface area (Å²) in [4.78, 5) is 38.0. The summed E-state index contributed by atoms with van der Waals surface area (Å²) in [6, 6.07) is 25.5. The third kappa shape index (κ3) is 6.35. The maximum atomic E-state index is 12.8. The second-order valence-electron chi connectivity index (χ2n) is 8.11. The number of hydrogen-bond donors (Lipinski definition) is 0. The Morgan fingerprint density at radius 1 is 0.722 bits per heavy atom. The lowest BCUT2D eigenvalue weighted by Crippen LogP contribution is -2.53. The standard InChI is InChI=1S/C28H26O8/c1-32-28-24(36-27(31)21-15-9-4-10-16-21)23(35-26(30)20-13-7-3-8-14-20)17-22(34-28)18-33-25(29)19-11-5-2-6-12-19/h2-16,22-24,28H,17-18H2,1H3/t22-,23-,24+,28+/m0/s1. The molecule has 0 spiro atoms. The molecule has 0 aromatic heterocycles. The molecule has 0 aliphatic carbocycles. The predicted octanol–water partition coefficient (Wildman–Crippen LogP) is 4.06. The molecule has 3 aromatic carbocycles. The zero-order chi connectivity index (χ0) is 25.3. The lowest BCUT2D eigenvalue weighted by Gasteiger charge is -2.39. The fourth-order valence-corrected chi connectivity index (χ4v) is 3.81. The second-order valence-corrected chi connectivity index (χ2v) is 8.11. The predicted molar refractivity (Wildman–Crippen MR) is 128 cm³/mol. The van der Waals surface area contributed by atoms with Crippen LogP contribution in [0, 0.1) is 0 Å². The van der Waals surface area contributed by atoms with E-state index >= 15 is 0 Å². The Morgan fingerprint density at radius 2 is 1.19 bits per heavy atom. The summed E-state index contributed by atoms with van der Waals surface area (Å²) in [5, 5.41) is 0. The molecule has 4 atom stereocenters. The van der Waals surface area contributed by atoms with Crippen molar-refractivity contribution >= 4 is 17.9 Å². The Morgan fingerprint density at radius 3 is 1.69 bits per heavy atom. The number of ether oxygens (including phenoxy) is 5. The van der Waals surface area contributed by atoms with Crippen molar-refractivity contribution in [1.29, 1.82) is 0 Å². The van der Waals surface area contributed by atoms with E-state index in [0.717, 1.165) is 0 Å². The second kappa shape index (κ2) is 12.1. The van der Waals surface area contributed by atoms with Gasteiger partial charge in [0.2, 0.25) is 0 Å². The van der Waals surface area contributed by atoms with Crippen LogP contribution in [0.4, 0.5) is 0 Å². The van der Waals surface area contributed by atoms with Gasteiger partial charge in [0.25, 0.3) is 0 Å². The molecule has 1 aliphatic heterocycles. The van der Waals surface area contributed by atoms with Crippen LogP contribution in [0.3, 0.4) is 0 Å². The highest BCUT2D eigenvalue weighted by atomic mass is 16.7. The Kier molecular flexibility index (Phi) is 8.44. The molecular weight excluding hydrogens is 464 g/mol. The van der Waals surface area contributed by atoms with E-state index in [0.29, 0.717) is 16.7 Å². The van der Waals surface area contributed by atoms with Gasteiger partial charge in [-0.3, -0.25) is 0 Å². The number of methoxy groups -OCH3 is 1. The van der Waals surface area contributed by atoms with Crippen LogP contribution in [0.5, 0.6) is 0 Å². The van der Waals surface area contributed by atoms with Gasteiger partial charge < -0.3 is 23.7 Å². The number of carbonyl (C=O) groups is 3. The molecule has 0 amide bonds. The summed E-state index contributed by atoms with van der Waals surface area (Å²) in [7, 11) is 1.39. The fourth-order valence-electron chi connectivity index (χ4n) is 3.81. The number of rotatable bonds is 8. The summed E-state index contributed by atoms with van der Waals surface area (Å²) in [5.74, 6) is -1.71. The van der Waals surface area contributed by atoms with Crippen LogP contribution in [0.15, 0.2) is 91.0 Å². The number of esters is 3. The summed E-state index contributed by atoms with van der Waals surface area (Å²) < 4.78 is 28.2. The SMILES string of the molecule is CO[C@@H]1O[C@H](COC(=O)c2ccccc2)C[C@H](OC(=O)c2ccccc2)[C@H]1OC(=O)c1ccccc1. The highest BCUT2D eigenvalue weighted by Crippen LogP contribution is 2.28. The van der Waals surface area contributed by atoms with E-state index < -0.39 is 42.5 Å². The molecule has 1 heterocycles. The van der Waals surface area contributed by atoms with Gasteiger partial charge in [0.15, 0.2) is 12.4 Å². The molecule has 0 N–H and O–H groups in total. The largest absolute Gasteiger partial charge is 0.459 e. The molecule has 0 bridgehead atoms. The van der Waals surface area contributed by atoms with E-state index in [1.54, 1.807) is 91.0 Å².